The van der Waals surface area contributed by atoms with Crippen LogP contribution in [0.2, 0.25) is 0 Å². The maximum Gasteiger partial charge on any atom is 0.288 e. The fraction of sp³-hybridized carbons (Fsp3) is 0.421. The van der Waals surface area contributed by atoms with Gasteiger partial charge in [0.1, 0.15) is 0 Å². The van der Waals surface area contributed by atoms with E-state index in [2.05, 4.69) is 32.6 Å². The minimum atomic E-state index is -2.44. The second-order valence-electron chi connectivity index (χ2n) is 6.40. The highest BCUT2D eigenvalue weighted by atomic mass is 32.2. The maximum atomic E-state index is 12.3. The van der Waals surface area contributed by atoms with Gasteiger partial charge < -0.3 is 10.2 Å². The third-order valence-corrected chi connectivity index (χ3v) is 6.11. The smallest absolute Gasteiger partial charge is 0.288 e. The second kappa shape index (κ2) is 10.2. The molecule has 1 aromatic heterocycles. The van der Waals surface area contributed by atoms with Crippen molar-refractivity contribution in [2.75, 3.05) is 44.6 Å². The van der Waals surface area contributed by atoms with Crippen molar-refractivity contribution in [1.82, 2.24) is 9.80 Å². The number of carbonyl (C=O) groups excluding carboxylic acids is 1. The van der Waals surface area contributed by atoms with E-state index < -0.39 is 5.76 Å². The van der Waals surface area contributed by atoms with E-state index in [1.807, 2.05) is 0 Å². The number of rotatable bonds is 8. The summed E-state index contributed by atoms with van der Waals surface area (Å²) in [5.41, 5.74) is 0.633. The SMILES string of the molecule is O=C(CN1CCN(CCc2cccs2)CC1)Nc1ccc(SC(F)F)cc1. The number of hydrogen-bond donors (Lipinski definition) is 1. The highest BCUT2D eigenvalue weighted by molar-refractivity contribution is 7.99. The van der Waals surface area contributed by atoms with Crippen molar-refractivity contribution in [3.63, 3.8) is 0 Å². The van der Waals surface area contributed by atoms with Crippen molar-refractivity contribution >= 4 is 34.7 Å². The van der Waals surface area contributed by atoms with Crippen molar-refractivity contribution < 1.29 is 13.6 Å². The van der Waals surface area contributed by atoms with E-state index in [0.717, 1.165) is 39.1 Å². The van der Waals surface area contributed by atoms with Gasteiger partial charge in [-0.25, -0.2) is 0 Å². The lowest BCUT2D eigenvalue weighted by Crippen LogP contribution is -2.49. The number of benzene rings is 1. The zero-order chi connectivity index (χ0) is 19.1. The average Bonchev–Trinajstić information content (AvgIpc) is 3.16. The minimum Gasteiger partial charge on any atom is -0.325 e. The fourth-order valence-electron chi connectivity index (χ4n) is 3.02. The topological polar surface area (TPSA) is 35.6 Å². The van der Waals surface area contributed by atoms with Crippen molar-refractivity contribution in [3.8, 4) is 0 Å². The van der Waals surface area contributed by atoms with Crippen LogP contribution in [0.5, 0.6) is 0 Å². The first-order valence-electron chi connectivity index (χ1n) is 8.90. The summed E-state index contributed by atoms with van der Waals surface area (Å²) in [6.07, 6.45) is 1.08. The third-order valence-electron chi connectivity index (χ3n) is 4.45. The lowest BCUT2D eigenvalue weighted by molar-refractivity contribution is -0.117. The average molecular weight is 412 g/mol. The van der Waals surface area contributed by atoms with Gasteiger partial charge >= 0.3 is 0 Å². The molecule has 2 heterocycles. The summed E-state index contributed by atoms with van der Waals surface area (Å²) >= 11 is 2.30. The molecule has 0 radical (unpaired) electrons. The van der Waals surface area contributed by atoms with Crippen molar-refractivity contribution in [2.45, 2.75) is 17.1 Å². The zero-order valence-corrected chi connectivity index (χ0v) is 16.6. The predicted octanol–water partition coefficient (Wildman–Crippen LogP) is 3.86. The summed E-state index contributed by atoms with van der Waals surface area (Å²) in [6.45, 7) is 5.11. The Morgan fingerprint density at radius 1 is 1.11 bits per heavy atom. The molecule has 2 aromatic rings. The van der Waals surface area contributed by atoms with Gasteiger partial charge in [-0.3, -0.25) is 9.69 Å². The Morgan fingerprint density at radius 3 is 2.44 bits per heavy atom. The highest BCUT2D eigenvalue weighted by Crippen LogP contribution is 2.26. The summed E-state index contributed by atoms with van der Waals surface area (Å²) in [5, 5.41) is 4.94. The van der Waals surface area contributed by atoms with Crippen molar-refractivity contribution in [2.24, 2.45) is 0 Å². The van der Waals surface area contributed by atoms with Crippen LogP contribution >= 0.6 is 23.1 Å². The maximum absolute atomic E-state index is 12.3. The van der Waals surface area contributed by atoms with Gasteiger partial charge in [-0.2, -0.15) is 8.78 Å². The molecular formula is C19H23F2N3OS2. The molecule has 1 aliphatic rings. The summed E-state index contributed by atoms with van der Waals surface area (Å²) in [4.78, 5) is 18.7. The normalized spacial score (nSPS) is 16.0. The number of amides is 1. The molecule has 8 heteroatoms. The lowest BCUT2D eigenvalue weighted by Gasteiger charge is -2.34. The molecule has 1 N–H and O–H groups in total. The molecular weight excluding hydrogens is 388 g/mol. The molecule has 1 aromatic carbocycles. The van der Waals surface area contributed by atoms with Gasteiger partial charge in [0.05, 0.1) is 6.54 Å². The number of hydrogen-bond acceptors (Lipinski definition) is 5. The van der Waals surface area contributed by atoms with Crippen LogP contribution in [0.25, 0.3) is 0 Å². The van der Waals surface area contributed by atoms with Gasteiger partial charge in [-0.05, 0) is 42.1 Å². The Kier molecular flexibility index (Phi) is 7.63. The zero-order valence-electron chi connectivity index (χ0n) is 14.9. The second-order valence-corrected chi connectivity index (χ2v) is 8.49. The van der Waals surface area contributed by atoms with E-state index >= 15 is 0 Å². The largest absolute Gasteiger partial charge is 0.325 e. The van der Waals surface area contributed by atoms with E-state index in [-0.39, 0.29) is 5.91 Å². The summed E-state index contributed by atoms with van der Waals surface area (Å²) in [7, 11) is 0. The Bertz CT molecular complexity index is 702. The molecule has 3 rings (SSSR count). The molecule has 1 saturated heterocycles. The van der Waals surface area contributed by atoms with Crippen LogP contribution in [0, 0.1) is 0 Å². The number of alkyl halides is 2. The predicted molar refractivity (Wildman–Crippen MR) is 108 cm³/mol. The Hall–Kier alpha value is -1.48. The standard InChI is InChI=1S/C19H23F2N3OS2/c20-19(21)27-17-5-3-15(4-6-17)22-18(25)14-24-11-9-23(10-12-24)8-7-16-2-1-13-26-16/h1-6,13,19H,7-12,14H2,(H,22,25). The first kappa shape index (κ1) is 20.3. The molecule has 0 spiro atoms. The summed E-state index contributed by atoms with van der Waals surface area (Å²) < 4.78 is 24.6. The number of carbonyl (C=O) groups is 1. The van der Waals surface area contributed by atoms with E-state index in [0.29, 0.717) is 28.9 Å². The Labute approximate surface area is 166 Å². The van der Waals surface area contributed by atoms with Crippen LogP contribution in [-0.4, -0.2) is 60.7 Å². The fourth-order valence-corrected chi connectivity index (χ4v) is 4.21. The van der Waals surface area contributed by atoms with Crippen molar-refractivity contribution in [3.05, 3.63) is 46.7 Å². The van der Waals surface area contributed by atoms with Gasteiger partial charge in [0.15, 0.2) is 0 Å². The number of nitrogens with zero attached hydrogens (tertiary/aromatic N) is 2. The monoisotopic (exact) mass is 411 g/mol. The van der Waals surface area contributed by atoms with E-state index in [1.54, 1.807) is 35.6 Å². The summed E-state index contributed by atoms with van der Waals surface area (Å²) in [5.74, 6) is -2.51. The third kappa shape index (κ3) is 6.88. The van der Waals surface area contributed by atoms with Crippen molar-refractivity contribution in [1.29, 1.82) is 0 Å². The van der Waals surface area contributed by atoms with Crippen LogP contribution in [0.1, 0.15) is 4.88 Å². The molecule has 0 unspecified atom stereocenters. The number of thioether (sulfide) groups is 1. The quantitative estimate of drug-likeness (QED) is 0.669. The van der Waals surface area contributed by atoms with Crippen LogP contribution in [0.15, 0.2) is 46.7 Å². The van der Waals surface area contributed by atoms with Crippen LogP contribution in [0.3, 0.4) is 0 Å². The molecule has 0 saturated carbocycles. The molecule has 1 aliphatic heterocycles. The molecule has 0 aliphatic carbocycles. The number of piperazine rings is 1. The van der Waals surface area contributed by atoms with Crippen LogP contribution in [-0.2, 0) is 11.2 Å². The molecule has 0 bridgehead atoms. The highest BCUT2D eigenvalue weighted by Gasteiger charge is 2.19. The van der Waals surface area contributed by atoms with Crippen LogP contribution in [0.4, 0.5) is 14.5 Å². The van der Waals surface area contributed by atoms with E-state index in [9.17, 15) is 13.6 Å². The Balaban J connectivity index is 1.36. The number of anilines is 1. The first-order valence-corrected chi connectivity index (χ1v) is 10.7. The van der Waals surface area contributed by atoms with E-state index in [4.69, 9.17) is 0 Å². The lowest BCUT2D eigenvalue weighted by atomic mass is 10.2. The first-order chi connectivity index (χ1) is 13.1. The van der Waals surface area contributed by atoms with Gasteiger partial charge in [0.2, 0.25) is 5.91 Å². The van der Waals surface area contributed by atoms with Gasteiger partial charge in [0, 0.05) is 48.2 Å². The molecule has 4 nitrogen and oxygen atoms in total. The summed E-state index contributed by atoms with van der Waals surface area (Å²) in [6, 6.07) is 10.8. The number of nitrogens with one attached hydrogen (secondary N) is 1. The van der Waals surface area contributed by atoms with Crippen LogP contribution < -0.4 is 5.32 Å². The molecule has 146 valence electrons. The van der Waals surface area contributed by atoms with Gasteiger partial charge in [-0.15, -0.1) is 11.3 Å². The molecule has 1 fully saturated rings. The molecule has 1 amide bonds. The van der Waals surface area contributed by atoms with Gasteiger partial charge in [0.25, 0.3) is 5.76 Å². The Morgan fingerprint density at radius 2 is 1.81 bits per heavy atom. The molecule has 27 heavy (non-hydrogen) atoms. The molecule has 0 atom stereocenters. The number of halogens is 2. The van der Waals surface area contributed by atoms with E-state index in [1.165, 1.54) is 4.88 Å². The van der Waals surface area contributed by atoms with Gasteiger partial charge in [-0.1, -0.05) is 17.8 Å². The minimum absolute atomic E-state index is 0.0729. The number of thiophene rings is 1.